The van der Waals surface area contributed by atoms with Crippen LogP contribution in [0.25, 0.3) is 11.1 Å². The first kappa shape index (κ1) is 18.6. The molecule has 140 valence electrons. The average molecular weight is 361 g/mol. The number of benzene rings is 1. The van der Waals surface area contributed by atoms with Gasteiger partial charge in [0.2, 0.25) is 0 Å². The minimum atomic E-state index is -0.677. The number of pyridine rings is 1. The summed E-state index contributed by atoms with van der Waals surface area (Å²) in [5.74, 6) is -0.889. The van der Waals surface area contributed by atoms with Crippen LogP contribution in [0.15, 0.2) is 30.5 Å². The third kappa shape index (κ3) is 4.12. The Kier molecular flexibility index (Phi) is 6.04. The van der Waals surface area contributed by atoms with Crippen LogP contribution in [0.5, 0.6) is 5.75 Å². The van der Waals surface area contributed by atoms with Crippen LogP contribution in [-0.2, 0) is 0 Å². The molecule has 0 saturated carbocycles. The van der Waals surface area contributed by atoms with Crippen molar-refractivity contribution in [2.24, 2.45) is 0 Å². The average Bonchev–Trinajstić information content (AvgIpc) is 2.64. The van der Waals surface area contributed by atoms with Gasteiger partial charge in [0.25, 0.3) is 0 Å². The van der Waals surface area contributed by atoms with E-state index in [4.69, 9.17) is 4.74 Å². The molecule has 1 aliphatic rings. The predicted molar refractivity (Wildman–Crippen MR) is 99.7 cm³/mol. The molecule has 0 atom stereocenters. The second-order valence-electron chi connectivity index (χ2n) is 6.64. The van der Waals surface area contributed by atoms with Crippen LogP contribution in [0.2, 0.25) is 0 Å². The van der Waals surface area contributed by atoms with E-state index in [0.29, 0.717) is 12.2 Å². The number of rotatable bonds is 6. The fourth-order valence-corrected chi connectivity index (χ4v) is 3.06. The highest BCUT2D eigenvalue weighted by molar-refractivity contribution is 5.76. The fourth-order valence-electron chi connectivity index (χ4n) is 3.06. The van der Waals surface area contributed by atoms with Gasteiger partial charge in [-0.25, -0.2) is 13.8 Å². The summed E-state index contributed by atoms with van der Waals surface area (Å²) in [5, 5.41) is 0. The van der Waals surface area contributed by atoms with Crippen molar-refractivity contribution in [3.63, 3.8) is 0 Å². The maximum atomic E-state index is 14.4. The molecule has 1 aromatic heterocycles. The van der Waals surface area contributed by atoms with Gasteiger partial charge in [-0.15, -0.1) is 0 Å². The van der Waals surface area contributed by atoms with Crippen molar-refractivity contribution >= 4 is 5.82 Å². The van der Waals surface area contributed by atoms with Crippen molar-refractivity contribution < 1.29 is 13.5 Å². The molecule has 6 heteroatoms. The van der Waals surface area contributed by atoms with Crippen molar-refractivity contribution in [1.82, 2.24) is 9.88 Å². The molecule has 3 rings (SSSR count). The second kappa shape index (κ2) is 8.45. The standard InChI is InChI=1S/C20H25F2N3O/c1-3-4-12-26-19-17(21)13-15(14-18(19)22)16-6-5-7-23-20(16)25-10-8-24(2)9-11-25/h5-7,13-14H,3-4,8-12H2,1-2H3. The molecular weight excluding hydrogens is 336 g/mol. The van der Waals surface area contributed by atoms with Gasteiger partial charge in [-0.3, -0.25) is 0 Å². The normalized spacial score (nSPS) is 15.3. The van der Waals surface area contributed by atoms with E-state index in [-0.39, 0.29) is 5.75 Å². The Morgan fingerprint density at radius 3 is 2.46 bits per heavy atom. The van der Waals surface area contributed by atoms with Gasteiger partial charge < -0.3 is 14.5 Å². The lowest BCUT2D eigenvalue weighted by Crippen LogP contribution is -2.45. The molecule has 1 fully saturated rings. The lowest BCUT2D eigenvalue weighted by molar-refractivity contribution is 0.279. The van der Waals surface area contributed by atoms with E-state index in [1.54, 1.807) is 12.3 Å². The molecular formula is C20H25F2N3O. The molecule has 0 amide bonds. The molecule has 0 bridgehead atoms. The Morgan fingerprint density at radius 1 is 1.12 bits per heavy atom. The molecule has 0 spiro atoms. The van der Waals surface area contributed by atoms with Crippen molar-refractivity contribution in [2.75, 3.05) is 44.7 Å². The summed E-state index contributed by atoms with van der Waals surface area (Å²) < 4.78 is 34.2. The molecule has 4 nitrogen and oxygen atoms in total. The van der Waals surface area contributed by atoms with E-state index in [0.717, 1.165) is 50.4 Å². The number of ether oxygens (including phenoxy) is 1. The summed E-state index contributed by atoms with van der Waals surface area (Å²) in [5.41, 5.74) is 1.21. The van der Waals surface area contributed by atoms with Crippen molar-refractivity contribution in [1.29, 1.82) is 0 Å². The first-order valence-corrected chi connectivity index (χ1v) is 9.11. The van der Waals surface area contributed by atoms with Gasteiger partial charge in [-0.05, 0) is 43.3 Å². The van der Waals surface area contributed by atoms with Crippen LogP contribution in [0, 0.1) is 11.6 Å². The monoisotopic (exact) mass is 361 g/mol. The quantitative estimate of drug-likeness (QED) is 0.728. The Hall–Kier alpha value is -2.21. The van der Waals surface area contributed by atoms with E-state index in [9.17, 15) is 8.78 Å². The molecule has 26 heavy (non-hydrogen) atoms. The molecule has 1 aliphatic heterocycles. The number of likely N-dealkylation sites (N-methyl/N-ethyl adjacent to an activating group) is 1. The van der Waals surface area contributed by atoms with Gasteiger partial charge in [0.15, 0.2) is 17.4 Å². The van der Waals surface area contributed by atoms with Crippen LogP contribution in [0.1, 0.15) is 19.8 Å². The number of hydrogen-bond acceptors (Lipinski definition) is 4. The molecule has 0 radical (unpaired) electrons. The van der Waals surface area contributed by atoms with Gasteiger partial charge in [-0.1, -0.05) is 13.3 Å². The molecule has 1 saturated heterocycles. The summed E-state index contributed by atoms with van der Waals surface area (Å²) in [6.07, 6.45) is 3.38. The highest BCUT2D eigenvalue weighted by atomic mass is 19.1. The fraction of sp³-hybridized carbons (Fsp3) is 0.450. The molecule has 2 aromatic rings. The van der Waals surface area contributed by atoms with Gasteiger partial charge in [0.1, 0.15) is 5.82 Å². The van der Waals surface area contributed by atoms with E-state index in [2.05, 4.69) is 21.8 Å². The lowest BCUT2D eigenvalue weighted by atomic mass is 10.0. The van der Waals surface area contributed by atoms with Crippen LogP contribution >= 0.6 is 0 Å². The zero-order valence-electron chi connectivity index (χ0n) is 15.3. The van der Waals surface area contributed by atoms with Crippen molar-refractivity contribution in [3.05, 3.63) is 42.1 Å². The summed E-state index contributed by atoms with van der Waals surface area (Å²) in [7, 11) is 2.08. The highest BCUT2D eigenvalue weighted by Gasteiger charge is 2.21. The number of piperazine rings is 1. The molecule has 0 N–H and O–H groups in total. The maximum Gasteiger partial charge on any atom is 0.190 e. The predicted octanol–water partition coefficient (Wildman–Crippen LogP) is 3.96. The van der Waals surface area contributed by atoms with E-state index in [1.807, 2.05) is 13.0 Å². The first-order valence-electron chi connectivity index (χ1n) is 9.11. The third-order valence-electron chi connectivity index (χ3n) is 4.64. The summed E-state index contributed by atoms with van der Waals surface area (Å²) in [4.78, 5) is 8.89. The van der Waals surface area contributed by atoms with Gasteiger partial charge in [0, 0.05) is 37.9 Å². The Labute approximate surface area is 153 Å². The number of aromatic nitrogens is 1. The topological polar surface area (TPSA) is 28.6 Å². The molecule has 0 unspecified atom stereocenters. The number of anilines is 1. The minimum absolute atomic E-state index is 0.299. The SMILES string of the molecule is CCCCOc1c(F)cc(-c2cccnc2N2CCN(C)CC2)cc1F. The van der Waals surface area contributed by atoms with Crippen LogP contribution in [0.4, 0.5) is 14.6 Å². The second-order valence-corrected chi connectivity index (χ2v) is 6.64. The molecule has 1 aromatic carbocycles. The van der Waals surface area contributed by atoms with Crippen LogP contribution < -0.4 is 9.64 Å². The van der Waals surface area contributed by atoms with Gasteiger partial charge in [0.05, 0.1) is 6.61 Å². The minimum Gasteiger partial charge on any atom is -0.488 e. The smallest absolute Gasteiger partial charge is 0.190 e. The molecule has 0 aliphatic carbocycles. The highest BCUT2D eigenvalue weighted by Crippen LogP contribution is 2.34. The summed E-state index contributed by atoms with van der Waals surface area (Å²) in [6, 6.07) is 6.31. The number of halogens is 2. The van der Waals surface area contributed by atoms with Crippen molar-refractivity contribution in [3.8, 4) is 16.9 Å². The first-order chi connectivity index (χ1) is 12.6. The van der Waals surface area contributed by atoms with E-state index < -0.39 is 11.6 Å². The summed E-state index contributed by atoms with van der Waals surface area (Å²) >= 11 is 0. The van der Waals surface area contributed by atoms with Crippen molar-refractivity contribution in [2.45, 2.75) is 19.8 Å². The van der Waals surface area contributed by atoms with Gasteiger partial charge >= 0.3 is 0 Å². The Balaban J connectivity index is 1.90. The van der Waals surface area contributed by atoms with Crippen LogP contribution in [0.3, 0.4) is 0 Å². The Bertz CT molecular complexity index is 723. The van der Waals surface area contributed by atoms with Gasteiger partial charge in [-0.2, -0.15) is 0 Å². The number of unbranched alkanes of at least 4 members (excludes halogenated alkanes) is 1. The zero-order chi connectivity index (χ0) is 18.5. The summed E-state index contributed by atoms with van der Waals surface area (Å²) in [6.45, 7) is 5.85. The van der Waals surface area contributed by atoms with E-state index >= 15 is 0 Å². The third-order valence-corrected chi connectivity index (χ3v) is 4.64. The van der Waals surface area contributed by atoms with E-state index in [1.165, 1.54) is 12.1 Å². The Morgan fingerprint density at radius 2 is 1.81 bits per heavy atom. The lowest BCUT2D eigenvalue weighted by Gasteiger charge is -2.34. The number of hydrogen-bond donors (Lipinski definition) is 0. The largest absolute Gasteiger partial charge is 0.488 e. The molecule has 2 heterocycles. The zero-order valence-corrected chi connectivity index (χ0v) is 15.3. The number of nitrogens with zero attached hydrogens (tertiary/aromatic N) is 3. The van der Waals surface area contributed by atoms with Crippen LogP contribution in [-0.4, -0.2) is 49.7 Å². The maximum absolute atomic E-state index is 14.4.